The number of aromatic nitrogens is 3. The van der Waals surface area contributed by atoms with Gasteiger partial charge in [-0.2, -0.15) is 0 Å². The highest BCUT2D eigenvalue weighted by molar-refractivity contribution is 6.10. The van der Waals surface area contributed by atoms with Crippen molar-refractivity contribution in [2.45, 2.75) is 19.9 Å². The fourth-order valence-electron chi connectivity index (χ4n) is 3.20. The molecule has 0 saturated heterocycles. The Morgan fingerprint density at radius 1 is 1.11 bits per heavy atom. The van der Waals surface area contributed by atoms with E-state index >= 15 is 0 Å². The number of nitrogens with zero attached hydrogens (tertiary/aromatic N) is 3. The third-order valence-electron chi connectivity index (χ3n) is 4.61. The molecule has 0 aliphatic rings. The highest BCUT2D eigenvalue weighted by atomic mass is 19.1. The number of nitrogens with one attached hydrogen (secondary N) is 1. The summed E-state index contributed by atoms with van der Waals surface area (Å²) in [6.07, 6.45) is 0.814. The Morgan fingerprint density at radius 3 is 2.46 bits per heavy atom. The second kappa shape index (κ2) is 7.26. The number of fused-ring (bicyclic) bond motifs is 2. The molecular formula is C21H20FN5O. The molecule has 4 rings (SSSR count). The Balaban J connectivity index is 1.91. The lowest BCUT2D eigenvalue weighted by Gasteiger charge is -2.08. The molecule has 0 unspecified atom stereocenters. The van der Waals surface area contributed by atoms with Gasteiger partial charge >= 0.3 is 0 Å². The lowest BCUT2D eigenvalue weighted by molar-refractivity contribution is 0.0956. The van der Waals surface area contributed by atoms with Gasteiger partial charge in [-0.25, -0.2) is 14.4 Å². The van der Waals surface area contributed by atoms with Gasteiger partial charge in [0.1, 0.15) is 22.7 Å². The van der Waals surface area contributed by atoms with Crippen LogP contribution in [0, 0.1) is 5.82 Å². The highest BCUT2D eigenvalue weighted by Crippen LogP contribution is 2.28. The summed E-state index contributed by atoms with van der Waals surface area (Å²) in [5.74, 6) is -0.283. The number of rotatable bonds is 5. The predicted octanol–water partition coefficient (Wildman–Crippen LogP) is 3.49. The Labute approximate surface area is 161 Å². The molecular weight excluding hydrogens is 357 g/mol. The van der Waals surface area contributed by atoms with Crippen LogP contribution in [0.15, 0.2) is 48.5 Å². The first-order chi connectivity index (χ1) is 13.6. The summed E-state index contributed by atoms with van der Waals surface area (Å²) in [4.78, 5) is 22.1. The zero-order valence-corrected chi connectivity index (χ0v) is 15.4. The molecule has 3 N–H and O–H groups in total. The maximum Gasteiger partial charge on any atom is 0.257 e. The Morgan fingerprint density at radius 2 is 1.79 bits per heavy atom. The van der Waals surface area contributed by atoms with Crippen LogP contribution in [0.2, 0.25) is 0 Å². The standard InChI is InChI=1S/C21H20FN5O/c1-2-11-24-21(28)17-18-20(26-16-6-4-3-5-15(16)25-18)27(19(17)23)12-13-7-9-14(22)10-8-13/h3-10H,2,11-12,23H2,1H3,(H,24,28). The van der Waals surface area contributed by atoms with Crippen molar-refractivity contribution < 1.29 is 9.18 Å². The topological polar surface area (TPSA) is 85.8 Å². The molecule has 7 heteroatoms. The number of hydrogen-bond donors (Lipinski definition) is 2. The molecule has 6 nitrogen and oxygen atoms in total. The van der Waals surface area contributed by atoms with Crippen LogP contribution in [0.5, 0.6) is 0 Å². The van der Waals surface area contributed by atoms with Gasteiger partial charge in [0, 0.05) is 6.54 Å². The number of nitrogens with two attached hydrogens (primary N) is 1. The Hall–Kier alpha value is -3.48. The van der Waals surface area contributed by atoms with Crippen molar-refractivity contribution in [3.63, 3.8) is 0 Å². The number of halogens is 1. The zero-order chi connectivity index (χ0) is 19.7. The average molecular weight is 377 g/mol. The summed E-state index contributed by atoms with van der Waals surface area (Å²) in [5.41, 5.74) is 9.95. The van der Waals surface area contributed by atoms with Crippen LogP contribution in [-0.2, 0) is 6.54 Å². The summed E-state index contributed by atoms with van der Waals surface area (Å²) in [7, 11) is 0. The fourth-order valence-corrected chi connectivity index (χ4v) is 3.20. The summed E-state index contributed by atoms with van der Waals surface area (Å²) in [6, 6.07) is 13.6. The van der Waals surface area contributed by atoms with Crippen LogP contribution in [-0.4, -0.2) is 27.0 Å². The number of para-hydroxylation sites is 2. The van der Waals surface area contributed by atoms with Gasteiger partial charge in [0.15, 0.2) is 5.65 Å². The highest BCUT2D eigenvalue weighted by Gasteiger charge is 2.23. The first-order valence-corrected chi connectivity index (χ1v) is 9.15. The summed E-state index contributed by atoms with van der Waals surface area (Å²) >= 11 is 0. The number of amides is 1. The number of hydrogen-bond acceptors (Lipinski definition) is 4. The Kier molecular flexibility index (Phi) is 4.65. The van der Waals surface area contributed by atoms with Crippen molar-refractivity contribution in [1.82, 2.24) is 19.9 Å². The van der Waals surface area contributed by atoms with Crippen molar-refractivity contribution in [3.05, 3.63) is 65.5 Å². The van der Waals surface area contributed by atoms with E-state index in [2.05, 4.69) is 10.3 Å². The minimum absolute atomic E-state index is 0.271. The first-order valence-electron chi connectivity index (χ1n) is 9.15. The van der Waals surface area contributed by atoms with E-state index in [1.807, 2.05) is 31.2 Å². The van der Waals surface area contributed by atoms with E-state index in [1.54, 1.807) is 16.7 Å². The SMILES string of the molecule is CCCNC(=O)c1c(N)n(Cc2ccc(F)cc2)c2nc3ccccc3nc12. The largest absolute Gasteiger partial charge is 0.384 e. The molecule has 0 bridgehead atoms. The van der Waals surface area contributed by atoms with Gasteiger partial charge in [0.25, 0.3) is 5.91 Å². The maximum absolute atomic E-state index is 13.3. The van der Waals surface area contributed by atoms with Crippen LogP contribution < -0.4 is 11.1 Å². The van der Waals surface area contributed by atoms with Crippen LogP contribution >= 0.6 is 0 Å². The van der Waals surface area contributed by atoms with Crippen molar-refractivity contribution in [2.75, 3.05) is 12.3 Å². The van der Waals surface area contributed by atoms with Crippen molar-refractivity contribution in [2.24, 2.45) is 0 Å². The zero-order valence-electron chi connectivity index (χ0n) is 15.4. The molecule has 28 heavy (non-hydrogen) atoms. The maximum atomic E-state index is 13.3. The van der Waals surface area contributed by atoms with Crippen molar-refractivity contribution in [3.8, 4) is 0 Å². The normalized spacial score (nSPS) is 11.2. The number of anilines is 1. The summed E-state index contributed by atoms with van der Waals surface area (Å²) in [5, 5.41) is 2.86. The molecule has 0 saturated carbocycles. The minimum Gasteiger partial charge on any atom is -0.384 e. The lowest BCUT2D eigenvalue weighted by atomic mass is 10.2. The van der Waals surface area contributed by atoms with E-state index in [9.17, 15) is 9.18 Å². The second-order valence-corrected chi connectivity index (χ2v) is 6.61. The molecule has 0 aliphatic heterocycles. The van der Waals surface area contributed by atoms with Crippen molar-refractivity contribution >= 4 is 33.9 Å². The van der Waals surface area contributed by atoms with Gasteiger partial charge in [-0.15, -0.1) is 0 Å². The monoisotopic (exact) mass is 377 g/mol. The molecule has 4 aromatic rings. The van der Waals surface area contributed by atoms with Gasteiger partial charge in [0.05, 0.1) is 17.6 Å². The Bertz CT molecular complexity index is 1170. The van der Waals surface area contributed by atoms with Crippen LogP contribution in [0.25, 0.3) is 22.2 Å². The molecule has 2 aromatic carbocycles. The molecule has 0 spiro atoms. The molecule has 0 aliphatic carbocycles. The fraction of sp³-hybridized carbons (Fsp3) is 0.190. The molecule has 2 aromatic heterocycles. The molecule has 1 amide bonds. The number of benzene rings is 2. The van der Waals surface area contributed by atoms with E-state index in [-0.39, 0.29) is 11.7 Å². The summed E-state index contributed by atoms with van der Waals surface area (Å²) in [6.45, 7) is 2.88. The van der Waals surface area contributed by atoms with E-state index in [4.69, 9.17) is 10.7 Å². The smallest absolute Gasteiger partial charge is 0.257 e. The minimum atomic E-state index is -0.306. The van der Waals surface area contributed by atoms with Crippen molar-refractivity contribution in [1.29, 1.82) is 0 Å². The molecule has 0 fully saturated rings. The van der Waals surface area contributed by atoms with Gasteiger partial charge in [-0.05, 0) is 36.2 Å². The van der Waals surface area contributed by atoms with E-state index in [0.29, 0.717) is 46.7 Å². The number of nitrogen functional groups attached to an aromatic ring is 1. The van der Waals surface area contributed by atoms with Crippen LogP contribution in [0.4, 0.5) is 10.2 Å². The van der Waals surface area contributed by atoms with E-state index < -0.39 is 0 Å². The quantitative estimate of drug-likeness (QED) is 0.557. The third kappa shape index (κ3) is 3.15. The summed E-state index contributed by atoms with van der Waals surface area (Å²) < 4.78 is 15.0. The first kappa shape index (κ1) is 17.9. The number of carbonyl (C=O) groups is 1. The molecule has 0 atom stereocenters. The molecule has 142 valence electrons. The van der Waals surface area contributed by atoms with Crippen LogP contribution in [0.1, 0.15) is 29.3 Å². The third-order valence-corrected chi connectivity index (χ3v) is 4.61. The predicted molar refractivity (Wildman–Crippen MR) is 108 cm³/mol. The molecule has 2 heterocycles. The van der Waals surface area contributed by atoms with E-state index in [0.717, 1.165) is 12.0 Å². The van der Waals surface area contributed by atoms with Gasteiger partial charge in [-0.3, -0.25) is 4.79 Å². The van der Waals surface area contributed by atoms with Gasteiger partial charge < -0.3 is 15.6 Å². The molecule has 0 radical (unpaired) electrons. The van der Waals surface area contributed by atoms with Gasteiger partial charge in [0.2, 0.25) is 0 Å². The number of carbonyl (C=O) groups excluding carboxylic acids is 1. The van der Waals surface area contributed by atoms with Gasteiger partial charge in [-0.1, -0.05) is 31.2 Å². The lowest BCUT2D eigenvalue weighted by Crippen LogP contribution is -2.25. The second-order valence-electron chi connectivity index (χ2n) is 6.61. The van der Waals surface area contributed by atoms with Crippen LogP contribution in [0.3, 0.4) is 0 Å². The van der Waals surface area contributed by atoms with E-state index in [1.165, 1.54) is 12.1 Å². The average Bonchev–Trinajstić information content (AvgIpc) is 2.97.